The first-order valence-corrected chi connectivity index (χ1v) is 10.2. The highest BCUT2D eigenvalue weighted by Crippen LogP contribution is 2.28. The lowest BCUT2D eigenvalue weighted by Crippen LogP contribution is -2.17. The summed E-state index contributed by atoms with van der Waals surface area (Å²) >= 11 is 0. The second-order valence-electron chi connectivity index (χ2n) is 7.39. The molecule has 5 nitrogen and oxygen atoms in total. The van der Waals surface area contributed by atoms with Gasteiger partial charge in [0, 0.05) is 24.0 Å². The molecule has 0 bridgehead atoms. The first-order valence-electron chi connectivity index (χ1n) is 10.2. The Morgan fingerprint density at radius 1 is 1.00 bits per heavy atom. The minimum absolute atomic E-state index is 0.455. The van der Waals surface area contributed by atoms with E-state index in [4.69, 9.17) is 9.97 Å². The topological polar surface area (TPSA) is 62.7 Å². The van der Waals surface area contributed by atoms with E-state index in [-0.39, 0.29) is 0 Å². The number of nitrogens with zero attached hydrogens (tertiary/aromatic N) is 3. The summed E-state index contributed by atoms with van der Waals surface area (Å²) in [5.41, 5.74) is 5.29. The predicted octanol–water partition coefficient (Wildman–Crippen LogP) is 5.51. The van der Waals surface area contributed by atoms with E-state index >= 15 is 0 Å². The second-order valence-corrected chi connectivity index (χ2v) is 7.39. The molecule has 1 aromatic carbocycles. The molecule has 1 aliphatic carbocycles. The van der Waals surface area contributed by atoms with Crippen LogP contribution in [0.2, 0.25) is 0 Å². The Kier molecular flexibility index (Phi) is 5.51. The Morgan fingerprint density at radius 2 is 1.86 bits per heavy atom. The minimum atomic E-state index is 0.455. The lowest BCUT2D eigenvalue weighted by molar-refractivity contribution is 0.744. The Balaban J connectivity index is 1.71. The molecule has 3 aromatic rings. The second kappa shape index (κ2) is 8.38. The van der Waals surface area contributed by atoms with Crippen LogP contribution in [0.3, 0.4) is 0 Å². The Hall–Kier alpha value is -2.95. The molecule has 28 heavy (non-hydrogen) atoms. The van der Waals surface area contributed by atoms with Crippen molar-refractivity contribution in [3.05, 3.63) is 59.8 Å². The summed E-state index contributed by atoms with van der Waals surface area (Å²) in [6.07, 6.45) is 7.66. The van der Waals surface area contributed by atoms with Crippen LogP contribution in [-0.4, -0.2) is 21.0 Å². The van der Waals surface area contributed by atoms with Gasteiger partial charge in [0.05, 0.1) is 11.4 Å². The van der Waals surface area contributed by atoms with E-state index in [2.05, 4.69) is 47.7 Å². The number of nitrogens with one attached hydrogen (secondary N) is 2. The molecule has 144 valence electrons. The fourth-order valence-electron chi connectivity index (χ4n) is 3.80. The molecule has 0 unspecified atom stereocenters. The van der Waals surface area contributed by atoms with Crippen molar-refractivity contribution < 1.29 is 0 Å². The van der Waals surface area contributed by atoms with Gasteiger partial charge in [-0.1, -0.05) is 44.0 Å². The van der Waals surface area contributed by atoms with Gasteiger partial charge in [-0.2, -0.15) is 4.98 Å². The summed E-state index contributed by atoms with van der Waals surface area (Å²) < 4.78 is 0. The summed E-state index contributed by atoms with van der Waals surface area (Å²) in [5, 5.41) is 7.08. The summed E-state index contributed by atoms with van der Waals surface area (Å²) in [5.74, 6) is 1.46. The maximum absolute atomic E-state index is 4.77. The van der Waals surface area contributed by atoms with Gasteiger partial charge >= 0.3 is 0 Å². The number of aryl methyl sites for hydroxylation is 2. The van der Waals surface area contributed by atoms with Gasteiger partial charge in [0.15, 0.2) is 0 Å². The fraction of sp³-hybridized carbons (Fsp3) is 0.348. The Labute approximate surface area is 166 Å². The van der Waals surface area contributed by atoms with Crippen LogP contribution >= 0.6 is 0 Å². The monoisotopic (exact) mass is 373 g/mol. The summed E-state index contributed by atoms with van der Waals surface area (Å²) in [4.78, 5) is 14.0. The van der Waals surface area contributed by atoms with Gasteiger partial charge in [0.2, 0.25) is 5.95 Å². The Bertz CT molecular complexity index is 933. The third kappa shape index (κ3) is 4.14. The quantitative estimate of drug-likeness (QED) is 0.597. The number of hydrogen-bond donors (Lipinski definition) is 2. The highest BCUT2D eigenvalue weighted by atomic mass is 15.2. The van der Waals surface area contributed by atoms with Crippen molar-refractivity contribution in [2.24, 2.45) is 0 Å². The molecule has 0 radical (unpaired) electrons. The molecule has 1 fully saturated rings. The van der Waals surface area contributed by atoms with Crippen LogP contribution in [0.5, 0.6) is 0 Å². The highest BCUT2D eigenvalue weighted by molar-refractivity contribution is 5.69. The average molecular weight is 374 g/mol. The molecule has 0 spiro atoms. The lowest BCUT2D eigenvalue weighted by atomic mass is 10.1. The summed E-state index contributed by atoms with van der Waals surface area (Å²) in [7, 11) is 0. The van der Waals surface area contributed by atoms with Gasteiger partial charge in [-0.15, -0.1) is 0 Å². The normalized spacial score (nSPS) is 14.2. The van der Waals surface area contributed by atoms with Crippen LogP contribution in [0.1, 0.15) is 43.7 Å². The van der Waals surface area contributed by atoms with Gasteiger partial charge in [-0.05, 0) is 49.4 Å². The first-order chi connectivity index (χ1) is 13.7. The maximum Gasteiger partial charge on any atom is 0.225 e. The van der Waals surface area contributed by atoms with Crippen molar-refractivity contribution in [2.75, 3.05) is 10.6 Å². The van der Waals surface area contributed by atoms with E-state index in [0.29, 0.717) is 12.0 Å². The van der Waals surface area contributed by atoms with Crippen molar-refractivity contribution in [3.8, 4) is 11.4 Å². The molecule has 5 heteroatoms. The molecule has 1 saturated carbocycles. The van der Waals surface area contributed by atoms with Crippen molar-refractivity contribution in [1.82, 2.24) is 15.0 Å². The number of aromatic nitrogens is 3. The van der Waals surface area contributed by atoms with Crippen LogP contribution in [-0.2, 0) is 6.42 Å². The molecule has 0 amide bonds. The zero-order valence-corrected chi connectivity index (χ0v) is 16.6. The number of para-hydroxylation sites is 1. The fourth-order valence-corrected chi connectivity index (χ4v) is 3.80. The largest absolute Gasteiger partial charge is 0.351 e. The van der Waals surface area contributed by atoms with Crippen molar-refractivity contribution in [1.29, 1.82) is 0 Å². The highest BCUT2D eigenvalue weighted by Gasteiger charge is 2.17. The van der Waals surface area contributed by atoms with E-state index in [1.54, 1.807) is 6.20 Å². The van der Waals surface area contributed by atoms with Crippen LogP contribution in [0.25, 0.3) is 11.4 Å². The minimum Gasteiger partial charge on any atom is -0.351 e. The molecule has 2 aromatic heterocycles. The standard InChI is InChI=1S/C23H27N5/c1-3-17-10-8-9-16(2)22(17)27-21-15-20(19-13-6-7-14-24-19)26-23(28-21)25-18-11-4-5-12-18/h6-10,13-15,18H,3-5,11-12H2,1-2H3,(H2,25,26,27,28). The molecule has 0 atom stereocenters. The molecule has 2 heterocycles. The van der Waals surface area contributed by atoms with Crippen LogP contribution in [0.15, 0.2) is 48.7 Å². The molecule has 1 aliphatic rings. The van der Waals surface area contributed by atoms with Gasteiger partial charge < -0.3 is 10.6 Å². The molecule has 2 N–H and O–H groups in total. The van der Waals surface area contributed by atoms with Crippen LogP contribution in [0, 0.1) is 6.92 Å². The molecular formula is C23H27N5. The lowest BCUT2D eigenvalue weighted by Gasteiger charge is -2.17. The van der Waals surface area contributed by atoms with Gasteiger partial charge in [0.1, 0.15) is 5.82 Å². The summed E-state index contributed by atoms with van der Waals surface area (Å²) in [6.45, 7) is 4.30. The van der Waals surface area contributed by atoms with E-state index < -0.39 is 0 Å². The smallest absolute Gasteiger partial charge is 0.225 e. The van der Waals surface area contributed by atoms with E-state index in [9.17, 15) is 0 Å². The van der Waals surface area contributed by atoms with Crippen LogP contribution in [0.4, 0.5) is 17.5 Å². The molecule has 0 aliphatic heterocycles. The van der Waals surface area contributed by atoms with Gasteiger partial charge in [-0.3, -0.25) is 4.98 Å². The predicted molar refractivity (Wildman–Crippen MR) is 115 cm³/mol. The zero-order valence-electron chi connectivity index (χ0n) is 16.6. The van der Waals surface area contributed by atoms with Crippen molar-refractivity contribution in [3.63, 3.8) is 0 Å². The van der Waals surface area contributed by atoms with E-state index in [1.807, 2.05) is 24.3 Å². The molecule has 0 saturated heterocycles. The third-order valence-corrected chi connectivity index (χ3v) is 5.33. The molecule has 4 rings (SSSR count). The zero-order chi connectivity index (χ0) is 19.3. The molecular weight excluding hydrogens is 346 g/mol. The maximum atomic E-state index is 4.77. The number of anilines is 3. The average Bonchev–Trinajstić information content (AvgIpc) is 3.23. The van der Waals surface area contributed by atoms with Crippen molar-refractivity contribution in [2.45, 2.75) is 52.0 Å². The number of hydrogen-bond acceptors (Lipinski definition) is 5. The number of pyridine rings is 1. The number of benzene rings is 1. The third-order valence-electron chi connectivity index (χ3n) is 5.33. The SMILES string of the molecule is CCc1cccc(C)c1Nc1cc(-c2ccccn2)nc(NC2CCCC2)n1. The van der Waals surface area contributed by atoms with E-state index in [0.717, 1.165) is 29.3 Å². The number of rotatable bonds is 6. The van der Waals surface area contributed by atoms with E-state index in [1.165, 1.54) is 36.8 Å². The first kappa shape index (κ1) is 18.4. The Morgan fingerprint density at radius 3 is 2.61 bits per heavy atom. The summed E-state index contributed by atoms with van der Waals surface area (Å²) in [6, 6.07) is 14.7. The van der Waals surface area contributed by atoms with Gasteiger partial charge in [0.25, 0.3) is 0 Å². The van der Waals surface area contributed by atoms with Crippen molar-refractivity contribution >= 4 is 17.5 Å². The van der Waals surface area contributed by atoms with Crippen LogP contribution < -0.4 is 10.6 Å². The van der Waals surface area contributed by atoms with Gasteiger partial charge in [-0.25, -0.2) is 4.98 Å².